The average molecular weight is 289 g/mol. The number of rotatable bonds is 2. The molecule has 0 saturated carbocycles. The van der Waals surface area contributed by atoms with Gasteiger partial charge in [-0.25, -0.2) is 4.98 Å². The lowest BCUT2D eigenvalue weighted by Crippen LogP contribution is -2.14. The van der Waals surface area contributed by atoms with Gasteiger partial charge in [0.15, 0.2) is 11.5 Å². The summed E-state index contributed by atoms with van der Waals surface area (Å²) in [5.41, 5.74) is 6.42. The number of fused-ring (bicyclic) bond motifs is 1. The van der Waals surface area contributed by atoms with E-state index in [0.717, 1.165) is 15.6 Å². The Bertz CT molecular complexity index is 552. The molecule has 0 saturated heterocycles. The van der Waals surface area contributed by atoms with Crippen LogP contribution in [-0.4, -0.2) is 18.2 Å². The smallest absolute Gasteiger partial charge is 0.191 e. The molecule has 1 aliphatic heterocycles. The first-order valence-electron chi connectivity index (χ1n) is 5.02. The van der Waals surface area contributed by atoms with Crippen molar-refractivity contribution >= 4 is 34.3 Å². The molecule has 0 atom stereocenters. The van der Waals surface area contributed by atoms with Crippen molar-refractivity contribution in [1.29, 1.82) is 0 Å². The molecule has 3 rings (SSSR count). The molecule has 0 radical (unpaired) electrons. The second-order valence-corrected chi connectivity index (χ2v) is 5.89. The van der Waals surface area contributed by atoms with Gasteiger partial charge in [0.2, 0.25) is 0 Å². The van der Waals surface area contributed by atoms with Crippen LogP contribution in [0.4, 0.5) is 0 Å². The van der Waals surface area contributed by atoms with Crippen molar-refractivity contribution in [3.05, 3.63) is 15.4 Å². The fourth-order valence-electron chi connectivity index (χ4n) is 1.56. The molecule has 4 nitrogen and oxygen atoms in total. The molecule has 0 unspecified atom stereocenters. The number of thiophene rings is 1. The number of nitrogens with zero attached hydrogens (tertiary/aromatic N) is 1. The quantitative estimate of drug-likeness (QED) is 0.923. The van der Waals surface area contributed by atoms with Gasteiger partial charge in [-0.3, -0.25) is 0 Å². The summed E-state index contributed by atoms with van der Waals surface area (Å²) in [4.78, 5) is 5.36. The third-order valence-corrected chi connectivity index (χ3v) is 4.70. The number of aromatic nitrogens is 1. The molecule has 0 aromatic carbocycles. The van der Waals surface area contributed by atoms with E-state index in [1.807, 2.05) is 5.38 Å². The van der Waals surface area contributed by atoms with E-state index < -0.39 is 0 Å². The monoisotopic (exact) mass is 288 g/mol. The summed E-state index contributed by atoms with van der Waals surface area (Å²) in [7, 11) is 0. The average Bonchev–Trinajstić information content (AvgIpc) is 2.95. The lowest BCUT2D eigenvalue weighted by molar-refractivity contribution is 0.174. The van der Waals surface area contributed by atoms with E-state index in [-0.39, 0.29) is 0 Å². The van der Waals surface area contributed by atoms with Crippen molar-refractivity contribution in [2.75, 3.05) is 13.2 Å². The van der Waals surface area contributed by atoms with Crippen LogP contribution in [0.1, 0.15) is 5.69 Å². The molecule has 0 aliphatic carbocycles. The first-order valence-corrected chi connectivity index (χ1v) is 7.09. The van der Waals surface area contributed by atoms with Crippen LogP contribution < -0.4 is 15.2 Å². The van der Waals surface area contributed by atoms with Crippen LogP contribution in [-0.2, 0) is 6.54 Å². The van der Waals surface area contributed by atoms with E-state index in [0.29, 0.717) is 35.6 Å². The molecule has 2 N–H and O–H groups in total. The molecular weight excluding hydrogens is 280 g/mol. The largest absolute Gasteiger partial charge is 0.484 e. The zero-order valence-corrected chi connectivity index (χ0v) is 11.1. The summed E-state index contributed by atoms with van der Waals surface area (Å²) < 4.78 is 11.7. The van der Waals surface area contributed by atoms with Gasteiger partial charge in [-0.05, 0) is 0 Å². The summed E-state index contributed by atoms with van der Waals surface area (Å²) >= 11 is 9.09. The Balaban J connectivity index is 2.08. The highest BCUT2D eigenvalue weighted by Gasteiger charge is 2.25. The van der Waals surface area contributed by atoms with E-state index >= 15 is 0 Å². The van der Waals surface area contributed by atoms with Crippen molar-refractivity contribution < 1.29 is 9.47 Å². The molecule has 3 heterocycles. The number of thiazole rings is 1. The highest BCUT2D eigenvalue weighted by molar-refractivity contribution is 7.24. The molecule has 1 aliphatic rings. The lowest BCUT2D eigenvalue weighted by atomic mass is 10.4. The zero-order valence-electron chi connectivity index (χ0n) is 8.73. The number of nitrogens with two attached hydrogens (primary N) is 1. The Morgan fingerprint density at radius 3 is 2.82 bits per heavy atom. The minimum Gasteiger partial charge on any atom is -0.484 e. The normalized spacial score (nSPS) is 14.0. The second-order valence-electron chi connectivity index (χ2n) is 3.41. The van der Waals surface area contributed by atoms with Gasteiger partial charge >= 0.3 is 0 Å². The van der Waals surface area contributed by atoms with Crippen LogP contribution in [0.2, 0.25) is 4.34 Å². The van der Waals surface area contributed by atoms with Crippen molar-refractivity contribution in [2.45, 2.75) is 6.54 Å². The molecule has 0 spiro atoms. The van der Waals surface area contributed by atoms with Gasteiger partial charge in [-0.1, -0.05) is 11.6 Å². The highest BCUT2D eigenvalue weighted by Crippen LogP contribution is 2.52. The van der Waals surface area contributed by atoms with Crippen molar-refractivity contribution in [1.82, 2.24) is 4.98 Å². The Morgan fingerprint density at radius 2 is 2.12 bits per heavy atom. The van der Waals surface area contributed by atoms with E-state index in [4.69, 9.17) is 26.8 Å². The van der Waals surface area contributed by atoms with Crippen molar-refractivity contribution in [3.63, 3.8) is 0 Å². The van der Waals surface area contributed by atoms with E-state index in [9.17, 15) is 0 Å². The van der Waals surface area contributed by atoms with Crippen LogP contribution in [0.3, 0.4) is 0 Å². The van der Waals surface area contributed by atoms with Gasteiger partial charge in [0.1, 0.15) is 27.4 Å². The molecule has 2 aromatic heterocycles. The predicted octanol–water partition coefficient (Wildman–Crippen LogP) is 2.75. The summed E-state index contributed by atoms with van der Waals surface area (Å²) in [5, 5.41) is 2.82. The first kappa shape index (κ1) is 11.3. The first-order chi connectivity index (χ1) is 8.29. The van der Waals surface area contributed by atoms with Crippen LogP contribution >= 0.6 is 34.3 Å². The number of halogens is 1. The standard InChI is InChI=1S/C10H9ClN2O2S2/c11-9-7-6(14-1-2-15-7)8(17-9)10-13-5(3-12)4-16-10/h4H,1-3,12H2. The Kier molecular flexibility index (Phi) is 2.96. The molecule has 90 valence electrons. The minimum atomic E-state index is 0.440. The van der Waals surface area contributed by atoms with Crippen molar-refractivity contribution in [2.24, 2.45) is 5.73 Å². The maximum Gasteiger partial charge on any atom is 0.191 e. The van der Waals surface area contributed by atoms with Gasteiger partial charge in [0, 0.05) is 11.9 Å². The number of hydrogen-bond donors (Lipinski definition) is 1. The molecule has 7 heteroatoms. The molecular formula is C10H9ClN2O2S2. The van der Waals surface area contributed by atoms with Crippen LogP contribution in [0, 0.1) is 0 Å². The van der Waals surface area contributed by atoms with Crippen molar-refractivity contribution in [3.8, 4) is 21.4 Å². The zero-order chi connectivity index (χ0) is 11.8. The molecule has 2 aromatic rings. The minimum absolute atomic E-state index is 0.440. The Morgan fingerprint density at radius 1 is 1.35 bits per heavy atom. The molecule has 17 heavy (non-hydrogen) atoms. The van der Waals surface area contributed by atoms with Gasteiger partial charge in [-0.15, -0.1) is 22.7 Å². The van der Waals surface area contributed by atoms with E-state index in [1.54, 1.807) is 0 Å². The number of hydrogen-bond acceptors (Lipinski definition) is 6. The third-order valence-electron chi connectivity index (χ3n) is 2.31. The van der Waals surface area contributed by atoms with Gasteiger partial charge in [0.05, 0.1) is 5.69 Å². The number of ether oxygens (including phenoxy) is 2. The maximum atomic E-state index is 6.12. The second kappa shape index (κ2) is 4.45. The fourth-order valence-corrected chi connectivity index (χ4v) is 3.77. The summed E-state index contributed by atoms with van der Waals surface area (Å²) in [6, 6.07) is 0. The fraction of sp³-hybridized carbons (Fsp3) is 0.300. The van der Waals surface area contributed by atoms with Gasteiger partial charge in [-0.2, -0.15) is 0 Å². The molecule has 0 amide bonds. The van der Waals surface area contributed by atoms with Gasteiger partial charge < -0.3 is 15.2 Å². The maximum absolute atomic E-state index is 6.12. The van der Waals surface area contributed by atoms with Crippen LogP contribution in [0.15, 0.2) is 5.38 Å². The SMILES string of the molecule is NCc1csc(-c2sc(Cl)c3c2OCCO3)n1. The van der Waals surface area contributed by atoms with Crippen LogP contribution in [0.5, 0.6) is 11.5 Å². The molecule has 0 fully saturated rings. The Hall–Kier alpha value is -0.820. The summed E-state index contributed by atoms with van der Waals surface area (Å²) in [6.45, 7) is 1.52. The topological polar surface area (TPSA) is 57.4 Å². The van der Waals surface area contributed by atoms with E-state index in [2.05, 4.69) is 4.98 Å². The van der Waals surface area contributed by atoms with Crippen LogP contribution in [0.25, 0.3) is 9.88 Å². The van der Waals surface area contributed by atoms with E-state index in [1.165, 1.54) is 22.7 Å². The lowest BCUT2D eigenvalue weighted by Gasteiger charge is -2.15. The third kappa shape index (κ3) is 1.91. The Labute approximate surface area is 111 Å². The predicted molar refractivity (Wildman–Crippen MR) is 69.3 cm³/mol. The molecule has 0 bridgehead atoms. The highest BCUT2D eigenvalue weighted by atomic mass is 35.5. The van der Waals surface area contributed by atoms with Gasteiger partial charge in [0.25, 0.3) is 0 Å². The summed E-state index contributed by atoms with van der Waals surface area (Å²) in [5.74, 6) is 1.35. The summed E-state index contributed by atoms with van der Waals surface area (Å²) in [6.07, 6.45) is 0.